The van der Waals surface area contributed by atoms with Crippen LogP contribution in [0.15, 0.2) is 16.5 Å². The van der Waals surface area contributed by atoms with Crippen LogP contribution in [0.25, 0.3) is 0 Å². The minimum Gasteiger partial charge on any atom is -0.383 e. The number of nitrogens with one attached hydrogen (secondary N) is 1. The summed E-state index contributed by atoms with van der Waals surface area (Å²) < 4.78 is 0. The predicted molar refractivity (Wildman–Crippen MR) is 47.6 cm³/mol. The van der Waals surface area contributed by atoms with Gasteiger partial charge >= 0.3 is 6.03 Å². The maximum absolute atomic E-state index is 11.5. The third-order valence-corrected chi connectivity index (χ3v) is 2.29. The number of urea groups is 1. The smallest absolute Gasteiger partial charge is 0.327 e. The Balaban J connectivity index is 2.46. The SMILES string of the molecule is CN1C(=O)N(C)C2N=CNC2=C1N. The Morgan fingerprint density at radius 1 is 1.62 bits per heavy atom. The van der Waals surface area contributed by atoms with Gasteiger partial charge in [-0.25, -0.2) is 9.79 Å². The highest BCUT2D eigenvalue weighted by atomic mass is 16.2. The van der Waals surface area contributed by atoms with Crippen molar-refractivity contribution >= 4 is 12.4 Å². The van der Waals surface area contributed by atoms with Crippen LogP contribution in [0.4, 0.5) is 4.79 Å². The van der Waals surface area contributed by atoms with Crippen molar-refractivity contribution in [2.24, 2.45) is 10.7 Å². The van der Waals surface area contributed by atoms with Crippen molar-refractivity contribution in [2.45, 2.75) is 6.17 Å². The van der Waals surface area contributed by atoms with E-state index in [1.807, 2.05) is 0 Å². The summed E-state index contributed by atoms with van der Waals surface area (Å²) in [5.41, 5.74) is 6.50. The minimum absolute atomic E-state index is 0.146. The molecule has 6 heteroatoms. The molecule has 0 spiro atoms. The van der Waals surface area contributed by atoms with Gasteiger partial charge in [0.1, 0.15) is 11.5 Å². The number of fused-ring (bicyclic) bond motifs is 1. The third-order valence-electron chi connectivity index (χ3n) is 2.29. The minimum atomic E-state index is -0.274. The van der Waals surface area contributed by atoms with Crippen LogP contribution < -0.4 is 11.1 Å². The monoisotopic (exact) mass is 181 g/mol. The molecule has 2 rings (SSSR count). The Morgan fingerprint density at radius 3 is 3.00 bits per heavy atom. The molecule has 1 atom stereocenters. The van der Waals surface area contributed by atoms with Gasteiger partial charge in [-0.15, -0.1) is 0 Å². The van der Waals surface area contributed by atoms with Gasteiger partial charge in [0, 0.05) is 14.1 Å². The van der Waals surface area contributed by atoms with Gasteiger partial charge < -0.3 is 11.1 Å². The van der Waals surface area contributed by atoms with Gasteiger partial charge in [-0.05, 0) is 0 Å². The summed E-state index contributed by atoms with van der Waals surface area (Å²) in [4.78, 5) is 18.5. The summed E-state index contributed by atoms with van der Waals surface area (Å²) in [5.74, 6) is 0.436. The fourth-order valence-electron chi connectivity index (χ4n) is 1.45. The van der Waals surface area contributed by atoms with Crippen molar-refractivity contribution in [1.29, 1.82) is 0 Å². The Labute approximate surface area is 75.7 Å². The van der Waals surface area contributed by atoms with Crippen LogP contribution in [0.3, 0.4) is 0 Å². The maximum Gasteiger partial charge on any atom is 0.327 e. The lowest BCUT2D eigenvalue weighted by molar-refractivity contribution is 0.162. The van der Waals surface area contributed by atoms with Crippen LogP contribution in [-0.4, -0.2) is 42.4 Å². The molecule has 2 amide bonds. The molecule has 0 bridgehead atoms. The van der Waals surface area contributed by atoms with Crippen LogP contribution in [0.2, 0.25) is 0 Å². The Morgan fingerprint density at radius 2 is 2.31 bits per heavy atom. The zero-order valence-corrected chi connectivity index (χ0v) is 7.48. The van der Waals surface area contributed by atoms with Crippen LogP contribution in [0.5, 0.6) is 0 Å². The molecule has 0 aromatic heterocycles. The number of carbonyl (C=O) groups excluding carboxylic acids is 1. The molecule has 0 aromatic rings. The number of hydrogen-bond acceptors (Lipinski definition) is 4. The lowest BCUT2D eigenvalue weighted by Crippen LogP contribution is -2.51. The molecule has 0 saturated carbocycles. The molecule has 1 unspecified atom stereocenters. The molecule has 0 saturated heterocycles. The van der Waals surface area contributed by atoms with E-state index in [4.69, 9.17) is 5.73 Å². The topological polar surface area (TPSA) is 74.0 Å². The molecular weight excluding hydrogens is 170 g/mol. The van der Waals surface area contributed by atoms with Gasteiger partial charge in [-0.2, -0.15) is 0 Å². The highest BCUT2D eigenvalue weighted by molar-refractivity contribution is 5.80. The molecule has 0 aromatic carbocycles. The van der Waals surface area contributed by atoms with E-state index < -0.39 is 0 Å². The van der Waals surface area contributed by atoms with Crippen LogP contribution in [0.1, 0.15) is 0 Å². The van der Waals surface area contributed by atoms with E-state index in [0.717, 1.165) is 5.70 Å². The van der Waals surface area contributed by atoms with Crippen molar-refractivity contribution in [1.82, 2.24) is 15.1 Å². The second-order valence-electron chi connectivity index (χ2n) is 3.05. The molecule has 0 radical (unpaired) electrons. The first-order valence-electron chi connectivity index (χ1n) is 3.91. The van der Waals surface area contributed by atoms with Gasteiger partial charge in [0.2, 0.25) is 0 Å². The number of nitrogens with two attached hydrogens (primary N) is 1. The van der Waals surface area contributed by atoms with Gasteiger partial charge in [-0.3, -0.25) is 9.80 Å². The molecular formula is C7H11N5O. The van der Waals surface area contributed by atoms with Crippen molar-refractivity contribution in [3.63, 3.8) is 0 Å². The van der Waals surface area contributed by atoms with E-state index in [1.165, 1.54) is 9.80 Å². The number of aliphatic imine (C=N–C) groups is 1. The lowest BCUT2D eigenvalue weighted by Gasteiger charge is -2.34. The Bertz CT molecular complexity index is 321. The second-order valence-corrected chi connectivity index (χ2v) is 3.05. The van der Waals surface area contributed by atoms with Crippen molar-refractivity contribution in [2.75, 3.05) is 14.1 Å². The van der Waals surface area contributed by atoms with E-state index in [-0.39, 0.29) is 12.2 Å². The molecule has 13 heavy (non-hydrogen) atoms. The molecule has 2 aliphatic rings. The van der Waals surface area contributed by atoms with E-state index in [2.05, 4.69) is 10.3 Å². The standard InChI is InChI=1S/C7H11N5O/c1-11-5(8)4-6(10-3-9-4)12(2)7(11)13/h3,6H,8H2,1-2H3,(H,9,10). The summed E-state index contributed by atoms with van der Waals surface area (Å²) in [6, 6.07) is -0.146. The quantitative estimate of drug-likeness (QED) is 0.507. The highest BCUT2D eigenvalue weighted by Gasteiger charge is 2.36. The molecule has 6 nitrogen and oxygen atoms in total. The molecule has 0 fully saturated rings. The van der Waals surface area contributed by atoms with Crippen LogP contribution in [-0.2, 0) is 0 Å². The van der Waals surface area contributed by atoms with Crippen molar-refractivity contribution < 1.29 is 4.79 Å². The number of hydrogen-bond donors (Lipinski definition) is 2. The zero-order chi connectivity index (χ0) is 9.59. The van der Waals surface area contributed by atoms with Crippen LogP contribution >= 0.6 is 0 Å². The van der Waals surface area contributed by atoms with E-state index in [1.54, 1.807) is 20.4 Å². The summed E-state index contributed by atoms with van der Waals surface area (Å²) in [6.45, 7) is 0. The average Bonchev–Trinajstić information content (AvgIpc) is 2.59. The number of carbonyl (C=O) groups is 1. The second kappa shape index (κ2) is 2.38. The number of likely N-dealkylation sites (N-methyl/N-ethyl adjacent to an activating group) is 1. The van der Waals surface area contributed by atoms with Crippen molar-refractivity contribution in [3.05, 3.63) is 11.5 Å². The van der Waals surface area contributed by atoms with E-state index in [9.17, 15) is 4.79 Å². The summed E-state index contributed by atoms with van der Waals surface area (Å²) in [6.07, 6.45) is 1.28. The maximum atomic E-state index is 11.5. The normalized spacial score (nSPS) is 26.6. The van der Waals surface area contributed by atoms with Gasteiger partial charge in [0.15, 0.2) is 6.17 Å². The summed E-state index contributed by atoms with van der Waals surface area (Å²) in [5, 5.41) is 2.92. The first-order valence-corrected chi connectivity index (χ1v) is 3.91. The number of amides is 2. The fourth-order valence-corrected chi connectivity index (χ4v) is 1.45. The van der Waals surface area contributed by atoms with Gasteiger partial charge in [0.05, 0.1) is 6.34 Å². The first-order chi connectivity index (χ1) is 6.13. The molecule has 3 N–H and O–H groups in total. The molecule has 70 valence electrons. The molecule has 2 aliphatic heterocycles. The number of nitrogens with zero attached hydrogens (tertiary/aromatic N) is 3. The zero-order valence-electron chi connectivity index (χ0n) is 7.48. The van der Waals surface area contributed by atoms with Gasteiger partial charge in [-0.1, -0.05) is 0 Å². The van der Waals surface area contributed by atoms with Crippen LogP contribution in [0, 0.1) is 0 Å². The van der Waals surface area contributed by atoms with E-state index in [0.29, 0.717) is 5.82 Å². The average molecular weight is 181 g/mol. The Hall–Kier alpha value is -1.72. The Kier molecular flexibility index (Phi) is 1.45. The highest BCUT2D eigenvalue weighted by Crippen LogP contribution is 2.21. The molecule has 2 heterocycles. The fraction of sp³-hybridized carbons (Fsp3) is 0.429. The summed E-state index contributed by atoms with van der Waals surface area (Å²) >= 11 is 0. The molecule has 0 aliphatic carbocycles. The van der Waals surface area contributed by atoms with E-state index >= 15 is 0 Å². The largest absolute Gasteiger partial charge is 0.383 e. The number of rotatable bonds is 0. The van der Waals surface area contributed by atoms with Gasteiger partial charge in [0.25, 0.3) is 0 Å². The first kappa shape index (κ1) is 7.90. The summed E-state index contributed by atoms with van der Waals surface area (Å²) in [7, 11) is 3.33. The third kappa shape index (κ3) is 0.881. The predicted octanol–water partition coefficient (Wildman–Crippen LogP) is -0.931. The lowest BCUT2D eigenvalue weighted by atomic mass is 10.2. The van der Waals surface area contributed by atoms with Crippen molar-refractivity contribution in [3.8, 4) is 0 Å².